The van der Waals surface area contributed by atoms with Crippen LogP contribution in [0.3, 0.4) is 0 Å². The van der Waals surface area contributed by atoms with Crippen LogP contribution in [-0.4, -0.2) is 41.9 Å². The molecule has 1 aromatic rings. The molecule has 4 rings (SSSR count). The zero-order valence-electron chi connectivity index (χ0n) is 16.4. The van der Waals surface area contributed by atoms with E-state index in [-0.39, 0.29) is 17.2 Å². The number of rotatable bonds is 3. The van der Waals surface area contributed by atoms with Crippen LogP contribution in [0.5, 0.6) is 0 Å². The number of anilines is 1. The largest absolute Gasteiger partial charge is 0.371 e. The van der Waals surface area contributed by atoms with Gasteiger partial charge in [0.1, 0.15) is 5.54 Å². The van der Waals surface area contributed by atoms with E-state index in [0.717, 1.165) is 63.8 Å². The number of carbonyl (C=O) groups is 2. The van der Waals surface area contributed by atoms with E-state index in [0.29, 0.717) is 6.42 Å². The number of nitrogens with zero attached hydrogens (tertiary/aromatic N) is 1. The standard InChI is InChI=1S/C22H31N3O2/c1-17-5-7-18(8-6-17)24-22(9-3-2-4-10-22)20(27)25-13-11-21(12-14-25)15-19(26)23-16-21/h5-8,24H,2-4,9-16H2,1H3,(H,23,26). The normalized spacial score (nSPS) is 23.9. The predicted molar refractivity (Wildman–Crippen MR) is 106 cm³/mol. The van der Waals surface area contributed by atoms with Crippen LogP contribution >= 0.6 is 0 Å². The Morgan fingerprint density at radius 2 is 1.70 bits per heavy atom. The minimum Gasteiger partial charge on any atom is -0.371 e. The van der Waals surface area contributed by atoms with Gasteiger partial charge in [0.15, 0.2) is 0 Å². The van der Waals surface area contributed by atoms with Crippen molar-refractivity contribution in [2.75, 3.05) is 25.0 Å². The van der Waals surface area contributed by atoms with Crippen LogP contribution in [0.15, 0.2) is 24.3 Å². The van der Waals surface area contributed by atoms with Crippen molar-refractivity contribution in [3.63, 3.8) is 0 Å². The summed E-state index contributed by atoms with van der Waals surface area (Å²) < 4.78 is 0. The van der Waals surface area contributed by atoms with Crippen LogP contribution in [0.25, 0.3) is 0 Å². The number of piperidine rings is 1. The van der Waals surface area contributed by atoms with Crippen LogP contribution in [0, 0.1) is 12.3 Å². The summed E-state index contributed by atoms with van der Waals surface area (Å²) >= 11 is 0. The van der Waals surface area contributed by atoms with Gasteiger partial charge in [-0.15, -0.1) is 0 Å². The molecule has 2 saturated heterocycles. The van der Waals surface area contributed by atoms with Gasteiger partial charge in [0.05, 0.1) is 0 Å². The number of amides is 2. The average Bonchev–Trinajstić information content (AvgIpc) is 3.05. The lowest BCUT2D eigenvalue weighted by Crippen LogP contribution is -2.57. The van der Waals surface area contributed by atoms with Gasteiger partial charge in [-0.3, -0.25) is 9.59 Å². The van der Waals surface area contributed by atoms with Crippen molar-refractivity contribution in [3.8, 4) is 0 Å². The van der Waals surface area contributed by atoms with Crippen LogP contribution in [0.2, 0.25) is 0 Å². The van der Waals surface area contributed by atoms with Crippen molar-refractivity contribution >= 4 is 17.5 Å². The van der Waals surface area contributed by atoms with Gasteiger partial charge in [0.2, 0.25) is 11.8 Å². The van der Waals surface area contributed by atoms with Crippen LogP contribution in [-0.2, 0) is 9.59 Å². The Bertz CT molecular complexity index is 699. The number of aryl methyl sites for hydroxylation is 1. The Morgan fingerprint density at radius 1 is 1.04 bits per heavy atom. The highest BCUT2D eigenvalue weighted by Gasteiger charge is 2.46. The maximum absolute atomic E-state index is 13.6. The topological polar surface area (TPSA) is 61.4 Å². The highest BCUT2D eigenvalue weighted by Crippen LogP contribution is 2.40. The van der Waals surface area contributed by atoms with E-state index in [2.05, 4.69) is 46.7 Å². The Hall–Kier alpha value is -2.04. The molecule has 2 heterocycles. The van der Waals surface area contributed by atoms with Gasteiger partial charge in [0, 0.05) is 31.7 Å². The minimum absolute atomic E-state index is 0.0813. The van der Waals surface area contributed by atoms with Crippen LogP contribution < -0.4 is 10.6 Å². The molecule has 1 saturated carbocycles. The predicted octanol–water partition coefficient (Wildman–Crippen LogP) is 3.24. The molecule has 1 aromatic carbocycles. The molecule has 0 unspecified atom stereocenters. The van der Waals surface area contributed by atoms with Gasteiger partial charge >= 0.3 is 0 Å². The lowest BCUT2D eigenvalue weighted by Gasteiger charge is -2.45. The molecule has 3 fully saturated rings. The summed E-state index contributed by atoms with van der Waals surface area (Å²) in [4.78, 5) is 27.3. The van der Waals surface area contributed by atoms with Gasteiger partial charge < -0.3 is 15.5 Å². The summed E-state index contributed by atoms with van der Waals surface area (Å²) in [6.07, 6.45) is 7.70. The molecular weight excluding hydrogens is 338 g/mol. The fourth-order valence-corrected chi connectivity index (χ4v) is 5.05. The van der Waals surface area contributed by atoms with E-state index in [4.69, 9.17) is 0 Å². The van der Waals surface area contributed by atoms with E-state index < -0.39 is 5.54 Å². The number of likely N-dealkylation sites (tertiary alicyclic amines) is 1. The average molecular weight is 370 g/mol. The van der Waals surface area contributed by atoms with Gasteiger partial charge in [-0.2, -0.15) is 0 Å². The molecule has 2 aliphatic heterocycles. The monoisotopic (exact) mass is 369 g/mol. The summed E-state index contributed by atoms with van der Waals surface area (Å²) in [7, 11) is 0. The third kappa shape index (κ3) is 3.69. The summed E-state index contributed by atoms with van der Waals surface area (Å²) in [5.74, 6) is 0.425. The van der Waals surface area contributed by atoms with E-state index in [1.807, 2.05) is 0 Å². The van der Waals surface area contributed by atoms with E-state index in [1.54, 1.807) is 0 Å². The molecule has 5 nitrogen and oxygen atoms in total. The first kappa shape index (κ1) is 18.3. The van der Waals surface area contributed by atoms with Gasteiger partial charge in [0.25, 0.3) is 0 Å². The minimum atomic E-state index is -0.470. The number of nitrogens with one attached hydrogen (secondary N) is 2. The first-order valence-corrected chi connectivity index (χ1v) is 10.4. The fraction of sp³-hybridized carbons (Fsp3) is 0.636. The molecule has 0 atom stereocenters. The molecule has 3 aliphatic rings. The highest BCUT2D eigenvalue weighted by atomic mass is 16.2. The van der Waals surface area contributed by atoms with Gasteiger partial charge in [-0.1, -0.05) is 37.0 Å². The second-order valence-electron chi connectivity index (χ2n) is 8.88. The smallest absolute Gasteiger partial charge is 0.248 e. The summed E-state index contributed by atoms with van der Waals surface area (Å²) in [6.45, 7) is 4.40. The maximum Gasteiger partial charge on any atom is 0.248 e. The SMILES string of the molecule is Cc1ccc(NC2(C(=O)N3CCC4(CC3)CNC(=O)C4)CCCCC2)cc1. The van der Waals surface area contributed by atoms with Crippen molar-refractivity contribution in [3.05, 3.63) is 29.8 Å². The molecule has 2 N–H and O–H groups in total. The third-order valence-corrected chi connectivity index (χ3v) is 6.86. The molecule has 5 heteroatoms. The Labute approximate surface area is 161 Å². The van der Waals surface area contributed by atoms with E-state index in [9.17, 15) is 9.59 Å². The third-order valence-electron chi connectivity index (χ3n) is 6.86. The summed E-state index contributed by atoms with van der Waals surface area (Å²) in [5, 5.41) is 6.61. The molecule has 0 aromatic heterocycles. The first-order valence-electron chi connectivity index (χ1n) is 10.4. The van der Waals surface area contributed by atoms with Crippen molar-refractivity contribution < 1.29 is 9.59 Å². The molecular formula is C22H31N3O2. The number of benzene rings is 1. The molecule has 1 aliphatic carbocycles. The van der Waals surface area contributed by atoms with Crippen LogP contribution in [0.1, 0.15) is 56.9 Å². The number of hydrogen-bond donors (Lipinski definition) is 2. The number of hydrogen-bond acceptors (Lipinski definition) is 3. The fourth-order valence-electron chi connectivity index (χ4n) is 5.05. The van der Waals surface area contributed by atoms with Gasteiger partial charge in [-0.05, 0) is 50.2 Å². The highest BCUT2D eigenvalue weighted by molar-refractivity contribution is 5.90. The van der Waals surface area contributed by atoms with E-state index >= 15 is 0 Å². The van der Waals surface area contributed by atoms with Crippen LogP contribution in [0.4, 0.5) is 5.69 Å². The lowest BCUT2D eigenvalue weighted by molar-refractivity contribution is -0.139. The Balaban J connectivity index is 1.48. The first-order chi connectivity index (χ1) is 13.0. The zero-order chi connectivity index (χ0) is 18.9. The summed E-state index contributed by atoms with van der Waals surface area (Å²) in [6, 6.07) is 8.36. The quantitative estimate of drug-likeness (QED) is 0.860. The van der Waals surface area contributed by atoms with Crippen molar-refractivity contribution in [1.29, 1.82) is 0 Å². The molecule has 146 valence electrons. The molecule has 0 bridgehead atoms. The van der Waals surface area contributed by atoms with Crippen molar-refractivity contribution in [1.82, 2.24) is 10.2 Å². The maximum atomic E-state index is 13.6. The van der Waals surface area contributed by atoms with Gasteiger partial charge in [-0.25, -0.2) is 0 Å². The Morgan fingerprint density at radius 3 is 2.30 bits per heavy atom. The Kier molecular flexibility index (Phi) is 4.87. The van der Waals surface area contributed by atoms with Crippen molar-refractivity contribution in [2.24, 2.45) is 5.41 Å². The zero-order valence-corrected chi connectivity index (χ0v) is 16.4. The molecule has 0 radical (unpaired) electrons. The molecule has 27 heavy (non-hydrogen) atoms. The second kappa shape index (κ2) is 7.17. The molecule has 2 amide bonds. The summed E-state index contributed by atoms with van der Waals surface area (Å²) in [5.41, 5.74) is 1.88. The number of carbonyl (C=O) groups excluding carboxylic acids is 2. The van der Waals surface area contributed by atoms with E-state index in [1.165, 1.54) is 12.0 Å². The second-order valence-corrected chi connectivity index (χ2v) is 8.88. The van der Waals surface area contributed by atoms with Crippen molar-refractivity contribution in [2.45, 2.75) is 63.8 Å². The lowest BCUT2D eigenvalue weighted by atomic mass is 9.76. The molecule has 1 spiro atoms.